The highest BCUT2D eigenvalue weighted by molar-refractivity contribution is 7.93. The number of amides is 1. The van der Waals surface area contributed by atoms with Crippen molar-refractivity contribution in [1.82, 2.24) is 14.8 Å². The van der Waals surface area contributed by atoms with Crippen molar-refractivity contribution < 1.29 is 27.8 Å². The van der Waals surface area contributed by atoms with Crippen molar-refractivity contribution in [2.75, 3.05) is 0 Å². The molecular formula is C12H17N4O5S+. The number of aryl methyl sites for hydroxylation is 1. The first-order valence-corrected chi connectivity index (χ1v) is 8.47. The Bertz CT molecular complexity index is 757. The largest absolute Gasteiger partial charge is 0.480 e. The van der Waals surface area contributed by atoms with Crippen molar-refractivity contribution in [3.63, 3.8) is 0 Å². The van der Waals surface area contributed by atoms with Crippen LogP contribution in [0.15, 0.2) is 12.4 Å². The number of carbonyl (C=O) groups is 2. The van der Waals surface area contributed by atoms with Crippen LogP contribution in [0.2, 0.25) is 0 Å². The Hall–Kier alpha value is -1.97. The number of sulfone groups is 1. The molecule has 2 aliphatic rings. The quantitative estimate of drug-likeness (QED) is 0.525. The van der Waals surface area contributed by atoms with Crippen LogP contribution in [0.3, 0.4) is 0 Å². The number of aliphatic carboxylic acids is 1. The van der Waals surface area contributed by atoms with E-state index in [0.717, 1.165) is 4.90 Å². The topological polar surface area (TPSA) is 113 Å². The van der Waals surface area contributed by atoms with Crippen molar-refractivity contribution in [3.8, 4) is 0 Å². The van der Waals surface area contributed by atoms with E-state index >= 15 is 0 Å². The minimum atomic E-state index is -3.80. The lowest BCUT2D eigenvalue weighted by molar-refractivity contribution is -0.758. The Labute approximate surface area is 127 Å². The highest BCUT2D eigenvalue weighted by atomic mass is 32.2. The van der Waals surface area contributed by atoms with Crippen LogP contribution >= 0.6 is 0 Å². The molecule has 1 amide bonds. The van der Waals surface area contributed by atoms with Gasteiger partial charge in [0, 0.05) is 0 Å². The zero-order valence-electron chi connectivity index (χ0n) is 12.2. The second kappa shape index (κ2) is 4.51. The molecule has 3 atom stereocenters. The molecule has 0 bridgehead atoms. The first-order chi connectivity index (χ1) is 10.2. The molecule has 1 aromatic rings. The molecule has 0 aliphatic carbocycles. The standard InChI is InChI=1S/C12H16N4O5S/c1-3-14-4-5-15(13-14)7-12(2)10(11(18)19)16-8(17)6-9(16)22(12,20)21/h4-5,9-10H,3,6-7H2,1-2H3/p+1/t9?,10-,12-/m0/s1. The number of hydrogen-bond donors (Lipinski definition) is 1. The first-order valence-electron chi connectivity index (χ1n) is 6.93. The molecule has 2 fully saturated rings. The average molecular weight is 329 g/mol. The van der Waals surface area contributed by atoms with Crippen LogP contribution < -0.4 is 4.68 Å². The van der Waals surface area contributed by atoms with Gasteiger partial charge in [-0.3, -0.25) is 4.79 Å². The maximum atomic E-state index is 12.7. The number of aromatic nitrogens is 3. The molecule has 9 nitrogen and oxygen atoms in total. The van der Waals surface area contributed by atoms with Gasteiger partial charge < -0.3 is 10.0 Å². The summed E-state index contributed by atoms with van der Waals surface area (Å²) >= 11 is 0. The predicted molar refractivity (Wildman–Crippen MR) is 72.1 cm³/mol. The van der Waals surface area contributed by atoms with Crippen LogP contribution in [0.4, 0.5) is 0 Å². The smallest absolute Gasteiger partial charge is 0.328 e. The normalized spacial score (nSPS) is 32.6. The van der Waals surface area contributed by atoms with Crippen LogP contribution in [0.25, 0.3) is 0 Å². The van der Waals surface area contributed by atoms with E-state index in [1.54, 1.807) is 17.1 Å². The van der Waals surface area contributed by atoms with Gasteiger partial charge in [-0.05, 0) is 13.8 Å². The monoisotopic (exact) mass is 329 g/mol. The van der Waals surface area contributed by atoms with Crippen LogP contribution in [0, 0.1) is 0 Å². The zero-order valence-corrected chi connectivity index (χ0v) is 13.0. The summed E-state index contributed by atoms with van der Waals surface area (Å²) in [5.74, 6) is -1.74. The zero-order chi connectivity index (χ0) is 16.3. The highest BCUT2D eigenvalue weighted by Gasteiger charge is 2.70. The molecule has 0 aromatic carbocycles. The summed E-state index contributed by atoms with van der Waals surface area (Å²) in [5.41, 5.74) is 0. The number of rotatable bonds is 4. The molecule has 1 aromatic heterocycles. The number of hydrogen-bond acceptors (Lipinski definition) is 5. The van der Waals surface area contributed by atoms with Crippen LogP contribution in [-0.4, -0.2) is 56.4 Å². The van der Waals surface area contributed by atoms with Gasteiger partial charge in [-0.15, -0.1) is 9.36 Å². The number of carboxylic acids is 1. The second-order valence-electron chi connectivity index (χ2n) is 5.80. The van der Waals surface area contributed by atoms with Gasteiger partial charge in [-0.25, -0.2) is 13.2 Å². The van der Waals surface area contributed by atoms with Crippen LogP contribution in [0.5, 0.6) is 0 Å². The number of β-lactam (4-membered cyclic amide) rings is 1. The van der Waals surface area contributed by atoms with Gasteiger partial charge in [0.2, 0.25) is 5.91 Å². The molecule has 1 unspecified atom stereocenters. The van der Waals surface area contributed by atoms with Gasteiger partial charge >= 0.3 is 5.97 Å². The van der Waals surface area contributed by atoms with Gasteiger partial charge in [-0.2, -0.15) is 0 Å². The van der Waals surface area contributed by atoms with Crippen molar-refractivity contribution in [1.29, 1.82) is 0 Å². The summed E-state index contributed by atoms with van der Waals surface area (Å²) in [5, 5.41) is 12.6. The van der Waals surface area contributed by atoms with Crippen molar-refractivity contribution in [2.24, 2.45) is 0 Å². The fourth-order valence-corrected chi connectivity index (χ4v) is 5.58. The van der Waals surface area contributed by atoms with E-state index < -0.39 is 37.9 Å². The van der Waals surface area contributed by atoms with E-state index in [4.69, 9.17) is 0 Å². The Balaban J connectivity index is 2.04. The van der Waals surface area contributed by atoms with E-state index in [9.17, 15) is 23.1 Å². The molecule has 3 heterocycles. The molecule has 120 valence electrons. The highest BCUT2D eigenvalue weighted by Crippen LogP contribution is 2.46. The van der Waals surface area contributed by atoms with E-state index in [1.165, 1.54) is 11.6 Å². The van der Waals surface area contributed by atoms with Gasteiger partial charge in [0.25, 0.3) is 0 Å². The number of carboxylic acid groups (broad SMARTS) is 1. The maximum Gasteiger partial charge on any atom is 0.328 e. The lowest BCUT2D eigenvalue weighted by Gasteiger charge is -2.35. The molecule has 0 spiro atoms. The summed E-state index contributed by atoms with van der Waals surface area (Å²) in [6, 6.07) is -1.39. The van der Waals surface area contributed by atoms with Gasteiger partial charge in [0.15, 0.2) is 28.3 Å². The minimum absolute atomic E-state index is 0.112. The van der Waals surface area contributed by atoms with Crippen molar-refractivity contribution in [2.45, 2.75) is 49.5 Å². The third-order valence-corrected chi connectivity index (χ3v) is 7.25. The van der Waals surface area contributed by atoms with E-state index in [2.05, 4.69) is 5.21 Å². The second-order valence-corrected chi connectivity index (χ2v) is 8.37. The van der Waals surface area contributed by atoms with Gasteiger partial charge in [-0.1, -0.05) is 0 Å². The van der Waals surface area contributed by atoms with E-state index in [-0.39, 0.29) is 13.0 Å². The van der Waals surface area contributed by atoms with Gasteiger partial charge in [0.05, 0.1) is 11.6 Å². The fourth-order valence-electron chi connectivity index (χ4n) is 3.22. The summed E-state index contributed by atoms with van der Waals surface area (Å²) in [6.07, 6.45) is 3.14. The maximum absolute atomic E-state index is 12.7. The summed E-state index contributed by atoms with van der Waals surface area (Å²) < 4.78 is 26.8. The fraction of sp³-hybridized carbons (Fsp3) is 0.667. The molecule has 0 radical (unpaired) electrons. The van der Waals surface area contributed by atoms with Crippen LogP contribution in [-0.2, 0) is 32.5 Å². The SMILES string of the molecule is CCn1cc[n+](C[C@@]2(C)[C@H](C(=O)O)N3C(=O)CC3S2(=O)=O)n1. The third-order valence-electron chi connectivity index (χ3n) is 4.49. The molecular weight excluding hydrogens is 312 g/mol. The van der Waals surface area contributed by atoms with Crippen molar-refractivity contribution >= 4 is 21.7 Å². The lowest BCUT2D eigenvalue weighted by Crippen LogP contribution is -2.60. The first kappa shape index (κ1) is 14.9. The average Bonchev–Trinajstić information content (AvgIpc) is 2.92. The van der Waals surface area contributed by atoms with Crippen molar-refractivity contribution in [3.05, 3.63) is 12.4 Å². The molecule has 3 rings (SSSR count). The number of carbonyl (C=O) groups excluding carboxylic acids is 1. The number of fused-ring (bicyclic) bond motifs is 1. The Morgan fingerprint density at radius 1 is 1.59 bits per heavy atom. The Kier molecular flexibility index (Phi) is 3.06. The third kappa shape index (κ3) is 1.73. The molecule has 2 aliphatic heterocycles. The minimum Gasteiger partial charge on any atom is -0.480 e. The molecule has 22 heavy (non-hydrogen) atoms. The summed E-state index contributed by atoms with van der Waals surface area (Å²) in [4.78, 5) is 24.3. The summed E-state index contributed by atoms with van der Waals surface area (Å²) in [6.45, 7) is 3.77. The van der Waals surface area contributed by atoms with Crippen LogP contribution in [0.1, 0.15) is 20.3 Å². The number of nitrogens with zero attached hydrogens (tertiary/aromatic N) is 4. The Morgan fingerprint density at radius 3 is 2.77 bits per heavy atom. The Morgan fingerprint density at radius 2 is 2.27 bits per heavy atom. The predicted octanol–water partition coefficient (Wildman–Crippen LogP) is -1.61. The molecule has 1 N–H and O–H groups in total. The molecule has 0 saturated carbocycles. The molecule has 2 saturated heterocycles. The van der Waals surface area contributed by atoms with E-state index in [0.29, 0.717) is 6.54 Å². The van der Waals surface area contributed by atoms with Gasteiger partial charge in [0.1, 0.15) is 23.2 Å². The lowest BCUT2D eigenvalue weighted by atomic mass is 9.96. The van der Waals surface area contributed by atoms with E-state index in [1.807, 2.05) is 6.92 Å². The molecule has 10 heteroatoms. The summed E-state index contributed by atoms with van der Waals surface area (Å²) in [7, 11) is -3.80.